The first kappa shape index (κ1) is 14.7. The van der Waals surface area contributed by atoms with E-state index in [1.165, 1.54) is 0 Å². The summed E-state index contributed by atoms with van der Waals surface area (Å²) in [5.74, 6) is -1.07. The van der Waals surface area contributed by atoms with Crippen LogP contribution in [0, 0.1) is 0 Å². The van der Waals surface area contributed by atoms with E-state index >= 15 is 0 Å². The topological polar surface area (TPSA) is 78.9 Å². The first-order valence-electron chi connectivity index (χ1n) is 5.28. The van der Waals surface area contributed by atoms with Gasteiger partial charge in [0.25, 0.3) is 0 Å². The van der Waals surface area contributed by atoms with Crippen LogP contribution < -0.4 is 5.32 Å². The molecule has 1 unspecified atom stereocenters. The molecule has 0 aromatic heterocycles. The molecule has 0 radical (unpaired) electrons. The molecule has 0 fully saturated rings. The van der Waals surface area contributed by atoms with Crippen molar-refractivity contribution in [2.75, 3.05) is 27.2 Å². The molecule has 0 aromatic carbocycles. The molecule has 0 aliphatic carbocycles. The molecule has 94 valence electrons. The number of carbonyl (C=O) groups is 2. The highest BCUT2D eigenvalue weighted by atomic mass is 16.5. The van der Waals surface area contributed by atoms with Gasteiger partial charge in [-0.3, -0.25) is 0 Å². The number of amides is 1. The van der Waals surface area contributed by atoms with Gasteiger partial charge in [-0.15, -0.1) is 0 Å². The summed E-state index contributed by atoms with van der Waals surface area (Å²) in [6.45, 7) is 2.53. The van der Waals surface area contributed by atoms with Crippen molar-refractivity contribution in [2.24, 2.45) is 0 Å². The van der Waals surface area contributed by atoms with Crippen molar-refractivity contribution >= 4 is 12.1 Å². The molecular weight excluding hydrogens is 212 g/mol. The minimum Gasteiger partial charge on any atom is -0.480 e. The third-order valence-corrected chi connectivity index (χ3v) is 1.87. The van der Waals surface area contributed by atoms with Gasteiger partial charge in [-0.05, 0) is 20.5 Å². The zero-order valence-corrected chi connectivity index (χ0v) is 10.0. The van der Waals surface area contributed by atoms with E-state index < -0.39 is 18.1 Å². The van der Waals surface area contributed by atoms with E-state index in [-0.39, 0.29) is 6.54 Å². The number of carboxylic acid groups (broad SMARTS) is 1. The van der Waals surface area contributed by atoms with E-state index in [1.54, 1.807) is 19.0 Å². The van der Waals surface area contributed by atoms with Gasteiger partial charge in [0.2, 0.25) is 0 Å². The predicted molar refractivity (Wildman–Crippen MR) is 59.4 cm³/mol. The van der Waals surface area contributed by atoms with Gasteiger partial charge < -0.3 is 20.1 Å². The Balaban J connectivity index is 3.98. The minimum atomic E-state index is -1.07. The fourth-order valence-corrected chi connectivity index (χ4v) is 1.04. The van der Waals surface area contributed by atoms with Gasteiger partial charge in [-0.25, -0.2) is 9.59 Å². The number of hydrogen-bond donors (Lipinski definition) is 2. The molecule has 0 aliphatic rings. The third kappa shape index (κ3) is 7.05. The number of rotatable bonds is 7. The minimum absolute atomic E-state index is 0.234. The summed E-state index contributed by atoms with van der Waals surface area (Å²) >= 11 is 0. The maximum atomic E-state index is 11.2. The van der Waals surface area contributed by atoms with Gasteiger partial charge in [0.05, 0.1) is 6.61 Å². The molecule has 16 heavy (non-hydrogen) atoms. The van der Waals surface area contributed by atoms with Gasteiger partial charge in [0.1, 0.15) is 6.04 Å². The van der Waals surface area contributed by atoms with E-state index in [1.807, 2.05) is 6.92 Å². The standard InChI is InChI=1S/C10H20N2O4/c1-4-5-6-16-10(15)11-8(9(13)14)7-12(2)3/h8H,4-7H2,1-3H3,(H,11,15)(H,13,14). The van der Waals surface area contributed by atoms with Crippen molar-refractivity contribution in [3.05, 3.63) is 0 Å². The number of unbranched alkanes of at least 4 members (excludes halogenated alkanes) is 1. The monoisotopic (exact) mass is 232 g/mol. The number of nitrogens with one attached hydrogen (secondary N) is 1. The maximum absolute atomic E-state index is 11.2. The molecule has 0 aromatic rings. The van der Waals surface area contributed by atoms with Crippen molar-refractivity contribution in [2.45, 2.75) is 25.8 Å². The summed E-state index contributed by atoms with van der Waals surface area (Å²) in [6, 6.07) is -0.941. The Hall–Kier alpha value is -1.30. The Labute approximate surface area is 95.6 Å². The number of nitrogens with zero attached hydrogens (tertiary/aromatic N) is 1. The highest BCUT2D eigenvalue weighted by molar-refractivity contribution is 5.80. The van der Waals surface area contributed by atoms with Gasteiger partial charge in [-0.1, -0.05) is 13.3 Å². The van der Waals surface area contributed by atoms with Crippen LogP contribution in [0.4, 0.5) is 4.79 Å². The highest BCUT2D eigenvalue weighted by Gasteiger charge is 2.20. The Bertz CT molecular complexity index is 231. The summed E-state index contributed by atoms with van der Waals surface area (Å²) < 4.78 is 4.81. The summed E-state index contributed by atoms with van der Waals surface area (Å²) in [5.41, 5.74) is 0. The number of ether oxygens (including phenoxy) is 1. The first-order chi connectivity index (χ1) is 7.47. The van der Waals surface area contributed by atoms with Crippen molar-refractivity contribution < 1.29 is 19.4 Å². The number of carboxylic acids is 1. The fourth-order valence-electron chi connectivity index (χ4n) is 1.04. The number of carbonyl (C=O) groups excluding carboxylic acids is 1. The van der Waals surface area contributed by atoms with Crippen molar-refractivity contribution in [1.82, 2.24) is 10.2 Å². The smallest absolute Gasteiger partial charge is 0.407 e. The van der Waals surface area contributed by atoms with E-state index in [0.717, 1.165) is 12.8 Å². The SMILES string of the molecule is CCCCOC(=O)NC(CN(C)C)C(=O)O. The van der Waals surface area contributed by atoms with Crippen LogP contribution >= 0.6 is 0 Å². The number of likely N-dealkylation sites (N-methyl/N-ethyl adjacent to an activating group) is 1. The summed E-state index contributed by atoms with van der Waals surface area (Å²) in [5, 5.41) is 11.1. The average molecular weight is 232 g/mol. The lowest BCUT2D eigenvalue weighted by Gasteiger charge is -2.18. The zero-order valence-electron chi connectivity index (χ0n) is 10.0. The average Bonchev–Trinajstić information content (AvgIpc) is 2.16. The Morgan fingerprint density at radius 2 is 2.06 bits per heavy atom. The second-order valence-corrected chi connectivity index (χ2v) is 3.79. The quantitative estimate of drug-likeness (QED) is 0.626. The van der Waals surface area contributed by atoms with Crippen LogP contribution in [-0.2, 0) is 9.53 Å². The summed E-state index contributed by atoms with van der Waals surface area (Å²) in [4.78, 5) is 23.7. The van der Waals surface area contributed by atoms with Crippen LogP contribution in [-0.4, -0.2) is 55.4 Å². The van der Waals surface area contributed by atoms with E-state index in [2.05, 4.69) is 5.32 Å². The lowest BCUT2D eigenvalue weighted by atomic mass is 10.3. The molecule has 0 aliphatic heterocycles. The molecule has 0 rings (SSSR count). The molecule has 1 atom stereocenters. The molecule has 0 spiro atoms. The van der Waals surface area contributed by atoms with Gasteiger partial charge in [0.15, 0.2) is 0 Å². The molecule has 0 saturated carbocycles. The largest absolute Gasteiger partial charge is 0.480 e. The highest BCUT2D eigenvalue weighted by Crippen LogP contribution is 1.92. The van der Waals surface area contributed by atoms with Crippen LogP contribution in [0.1, 0.15) is 19.8 Å². The molecule has 2 N–H and O–H groups in total. The normalized spacial score (nSPS) is 12.2. The number of hydrogen-bond acceptors (Lipinski definition) is 4. The van der Waals surface area contributed by atoms with Crippen molar-refractivity contribution in [3.8, 4) is 0 Å². The van der Waals surface area contributed by atoms with Crippen molar-refractivity contribution in [1.29, 1.82) is 0 Å². The summed E-state index contributed by atoms with van der Waals surface area (Å²) in [7, 11) is 3.47. The van der Waals surface area contributed by atoms with E-state index in [4.69, 9.17) is 9.84 Å². The molecule has 6 nitrogen and oxygen atoms in total. The Morgan fingerprint density at radius 3 is 2.50 bits per heavy atom. The fraction of sp³-hybridized carbons (Fsp3) is 0.800. The number of alkyl carbamates (subject to hydrolysis) is 1. The lowest BCUT2D eigenvalue weighted by molar-refractivity contribution is -0.139. The van der Waals surface area contributed by atoms with Gasteiger partial charge in [0, 0.05) is 6.54 Å². The molecule has 0 heterocycles. The zero-order chi connectivity index (χ0) is 12.6. The maximum Gasteiger partial charge on any atom is 0.407 e. The van der Waals surface area contributed by atoms with Gasteiger partial charge in [-0.2, -0.15) is 0 Å². The van der Waals surface area contributed by atoms with Gasteiger partial charge >= 0.3 is 12.1 Å². The van der Waals surface area contributed by atoms with Crippen molar-refractivity contribution in [3.63, 3.8) is 0 Å². The molecule has 0 bridgehead atoms. The van der Waals surface area contributed by atoms with E-state index in [9.17, 15) is 9.59 Å². The van der Waals surface area contributed by atoms with Crippen LogP contribution in [0.5, 0.6) is 0 Å². The number of aliphatic carboxylic acids is 1. The summed E-state index contributed by atoms with van der Waals surface area (Å²) in [6.07, 6.45) is 1.02. The second-order valence-electron chi connectivity index (χ2n) is 3.79. The molecule has 6 heteroatoms. The van der Waals surface area contributed by atoms with Crippen LogP contribution in [0.3, 0.4) is 0 Å². The molecule has 1 amide bonds. The predicted octanol–water partition coefficient (Wildman–Crippen LogP) is 0.527. The first-order valence-corrected chi connectivity index (χ1v) is 5.28. The van der Waals surface area contributed by atoms with Crippen LogP contribution in [0.25, 0.3) is 0 Å². The Morgan fingerprint density at radius 1 is 1.44 bits per heavy atom. The van der Waals surface area contributed by atoms with Crippen LogP contribution in [0.15, 0.2) is 0 Å². The lowest BCUT2D eigenvalue weighted by Crippen LogP contribution is -2.47. The molecule has 0 saturated heterocycles. The molecular formula is C10H20N2O4. The second kappa shape index (κ2) is 7.92. The van der Waals surface area contributed by atoms with E-state index in [0.29, 0.717) is 6.61 Å². The Kier molecular flexibility index (Phi) is 7.28. The van der Waals surface area contributed by atoms with Crippen LogP contribution in [0.2, 0.25) is 0 Å². The third-order valence-electron chi connectivity index (χ3n) is 1.87.